The summed E-state index contributed by atoms with van der Waals surface area (Å²) in [5.41, 5.74) is 0.738. The molecule has 3 saturated heterocycles. The molecule has 16 atom stereocenters. The van der Waals surface area contributed by atoms with Crippen molar-refractivity contribution in [1.82, 2.24) is 52.8 Å². The Morgan fingerprint density at radius 1 is 0.344 bits per heavy atom. The van der Waals surface area contributed by atoms with Crippen molar-refractivity contribution in [2.75, 3.05) is 92.0 Å². The van der Waals surface area contributed by atoms with E-state index >= 15 is 0 Å². The average molecular weight is 1820 g/mol. The fraction of sp³-hybridized carbons (Fsp3) is 0.683. The van der Waals surface area contributed by atoms with Gasteiger partial charge in [0.15, 0.2) is 55.5 Å². The van der Waals surface area contributed by atoms with Gasteiger partial charge in [0.25, 0.3) is 0 Å². The third-order valence-electron chi connectivity index (χ3n) is 18.7. The van der Waals surface area contributed by atoms with E-state index < -0.39 is 275 Å². The molecule has 0 aliphatic carbocycles. The third-order valence-corrected chi connectivity index (χ3v) is 18.7. The Morgan fingerprint density at radius 3 is 1.09 bits per heavy atom. The van der Waals surface area contributed by atoms with Crippen LogP contribution in [0.5, 0.6) is 0 Å². The molecule has 0 saturated carbocycles. The molecule has 9 amide bonds. The van der Waals surface area contributed by atoms with Crippen molar-refractivity contribution in [3.05, 3.63) is 35.9 Å². The van der Waals surface area contributed by atoms with Crippen molar-refractivity contribution in [1.29, 1.82) is 0 Å². The molecule has 1 aromatic carbocycles. The summed E-state index contributed by atoms with van der Waals surface area (Å²) >= 11 is 0. The van der Waals surface area contributed by atoms with Gasteiger partial charge in [-0.05, 0) is 63.4 Å². The second-order valence-corrected chi connectivity index (χ2v) is 29.9. The number of benzene rings is 1. The summed E-state index contributed by atoms with van der Waals surface area (Å²) in [6.45, 7) is 8.65. The lowest BCUT2D eigenvalue weighted by Gasteiger charge is -2.44. The van der Waals surface area contributed by atoms with Gasteiger partial charge in [0, 0.05) is 155 Å². The van der Waals surface area contributed by atoms with Crippen LogP contribution >= 0.6 is 0 Å². The predicted molar refractivity (Wildman–Crippen MR) is 435 cm³/mol. The lowest BCUT2D eigenvalue weighted by atomic mass is 9.96. The number of hydrogen-bond donors (Lipinski definition) is 9. The third kappa shape index (κ3) is 43.8. The van der Waals surface area contributed by atoms with Crippen LogP contribution in [0.25, 0.3) is 0 Å². The van der Waals surface area contributed by atoms with Gasteiger partial charge in [-0.2, -0.15) is 0 Å². The number of nitrogens with one attached hydrogen (secondary N) is 9. The Morgan fingerprint density at radius 2 is 0.703 bits per heavy atom. The molecule has 0 spiro atoms. The summed E-state index contributed by atoms with van der Waals surface area (Å²) in [6.07, 6.45) is -15.6. The average Bonchev–Trinajstić information content (AvgIpc) is 0.787. The zero-order chi connectivity index (χ0) is 95.0. The Labute approximate surface area is 739 Å². The second kappa shape index (κ2) is 58.8. The van der Waals surface area contributed by atoms with Crippen LogP contribution in [0.1, 0.15) is 172 Å². The fourth-order valence-corrected chi connectivity index (χ4v) is 13.3. The number of Topliss-reactive ketones (excluding diaryl/α,β-unsaturated/α-hetero) is 1. The highest BCUT2D eigenvalue weighted by atomic mass is 16.7. The van der Waals surface area contributed by atoms with Crippen LogP contribution in [-0.2, 0) is 178 Å². The van der Waals surface area contributed by atoms with E-state index in [1.54, 1.807) is 30.3 Å². The molecule has 716 valence electrons. The molecule has 3 fully saturated rings. The number of nitrogens with zero attached hydrogens (tertiary/aromatic N) is 1. The predicted octanol–water partition coefficient (Wildman–Crippen LogP) is -2.24. The minimum absolute atomic E-state index is 0.00196. The first-order valence-electron chi connectivity index (χ1n) is 41.8. The van der Waals surface area contributed by atoms with Gasteiger partial charge >= 0.3 is 59.7 Å². The van der Waals surface area contributed by atoms with Crippen molar-refractivity contribution in [2.45, 2.75) is 271 Å². The molecule has 46 nitrogen and oxygen atoms in total. The van der Waals surface area contributed by atoms with E-state index in [4.69, 9.17) is 75.8 Å². The topological polar surface area (TPSA) is 601 Å². The molecular weight excluding hydrogens is 1700 g/mol. The Balaban J connectivity index is 1.52. The van der Waals surface area contributed by atoms with E-state index in [1.165, 1.54) is 20.8 Å². The molecule has 9 N–H and O–H groups in total. The van der Waals surface area contributed by atoms with E-state index in [1.807, 2.05) is 0 Å². The van der Waals surface area contributed by atoms with Crippen molar-refractivity contribution >= 4 is 119 Å². The largest absolute Gasteiger partial charge is 0.463 e. The van der Waals surface area contributed by atoms with E-state index in [9.17, 15) is 95.9 Å². The number of ether oxygens (including phenoxy) is 16. The number of rotatable bonds is 56. The van der Waals surface area contributed by atoms with Gasteiger partial charge in [-0.3, -0.25) is 101 Å². The molecule has 46 heteroatoms. The summed E-state index contributed by atoms with van der Waals surface area (Å²) in [4.78, 5) is 257. The highest BCUT2D eigenvalue weighted by Gasteiger charge is 2.54. The number of carbonyl (C=O) groups is 20. The normalized spacial score (nSPS) is 21.8. The second-order valence-electron chi connectivity index (χ2n) is 29.9. The van der Waals surface area contributed by atoms with Crippen molar-refractivity contribution in [3.8, 4) is 0 Å². The van der Waals surface area contributed by atoms with Crippen LogP contribution in [-0.4, -0.2) is 314 Å². The number of carbonyl (C=O) groups excluding carboxylic acids is 20. The molecule has 7 unspecified atom stereocenters. The first-order chi connectivity index (χ1) is 60.7. The van der Waals surface area contributed by atoms with Gasteiger partial charge in [-0.25, -0.2) is 0 Å². The summed E-state index contributed by atoms with van der Waals surface area (Å²) in [6, 6.07) is 3.62. The number of esters is 10. The smallest absolute Gasteiger partial charge is 0.306 e. The van der Waals surface area contributed by atoms with Crippen molar-refractivity contribution in [2.24, 2.45) is 0 Å². The monoisotopic (exact) mass is 1820 g/mol. The first-order valence-corrected chi connectivity index (χ1v) is 41.8. The van der Waals surface area contributed by atoms with Gasteiger partial charge in [0.2, 0.25) is 53.2 Å². The molecule has 0 aromatic heterocycles. The minimum atomic E-state index is -1.53. The highest BCUT2D eigenvalue weighted by molar-refractivity contribution is 5.91. The Bertz CT molecular complexity index is 3760. The van der Waals surface area contributed by atoms with Gasteiger partial charge in [0.1, 0.15) is 68.6 Å². The lowest BCUT2D eigenvalue weighted by Crippen LogP contribution is -2.66. The van der Waals surface area contributed by atoms with Crippen LogP contribution < -0.4 is 47.9 Å². The maximum Gasteiger partial charge on any atom is 0.306 e. The molecule has 3 aliphatic rings. The van der Waals surface area contributed by atoms with Crippen LogP contribution in [0.2, 0.25) is 0 Å². The molecule has 3 heterocycles. The summed E-state index contributed by atoms with van der Waals surface area (Å²) in [5, 5.41) is 23.5. The van der Waals surface area contributed by atoms with Crippen LogP contribution in [0, 0.1) is 0 Å². The minimum Gasteiger partial charge on any atom is -0.463 e. The summed E-state index contributed by atoms with van der Waals surface area (Å²) in [5.74, 6) is -14.5. The molecule has 3 aliphatic heterocycles. The van der Waals surface area contributed by atoms with Crippen LogP contribution in [0.3, 0.4) is 0 Å². The molecule has 0 radical (unpaired) electrons. The number of hydrogen-bond acceptors (Lipinski definition) is 37. The molecule has 1 aromatic rings. The SMILES string of the molecule is CC(=O)NC1[C@H](OCCCCCNC(=O)CNC(=O)C(CCNC(=O)CCCC(=O)OCc2ccccc2)N(CC(=O)CCC(=O)NCCCCO[C@@H]2OC(COC(C)=O)[C@H](OC(C)=O)[C@H](OC(C)=O)C2NC(C)=O)CC(=O)NCC(=O)NCCCCO[C@@H]2OC(COC(C)=O)[C@H](OC(C)=O)[C@H](OC(C)=O)C2NC(C)=O)OC(COC(C)=O)[C@H](OC(C)=O)[C@@H]1OC(C)=O. The van der Waals surface area contributed by atoms with Gasteiger partial charge in [-0.1, -0.05) is 30.3 Å². The molecule has 4 rings (SSSR count). The number of unbranched alkanes of at least 4 members (excludes halogenated alkanes) is 4. The summed E-state index contributed by atoms with van der Waals surface area (Å²) in [7, 11) is 0. The van der Waals surface area contributed by atoms with E-state index in [0.29, 0.717) is 19.3 Å². The van der Waals surface area contributed by atoms with Gasteiger partial charge in [0.05, 0.1) is 32.2 Å². The number of amides is 9. The van der Waals surface area contributed by atoms with Crippen LogP contribution in [0.15, 0.2) is 30.3 Å². The Kier molecular flexibility index (Phi) is 50.0. The fourth-order valence-electron chi connectivity index (χ4n) is 13.3. The molecule has 0 bridgehead atoms. The maximum absolute atomic E-state index is 14.6. The van der Waals surface area contributed by atoms with E-state index in [2.05, 4.69) is 47.9 Å². The standard InChI is InChI=1S/C82H122N10O36/c1-46(93)89-70-76(123-55(10)102)73(120-52(7)99)61(43-116-49(4)96)126-80(70)113-35-20-14-17-31-84-67(109)39-88-79(112)60(30-34-86-64(106)26-23-27-69(111)119-42-58-24-15-13-16-25-58)92(40-59(105)28-29-65(107)83-32-18-21-36-114-81-71(90-47(2)94)77(124-56(11)103)74(121-53(8)100)62(127-81)44-117-50(5)97)41-68(110)87-38-66(108)85-33-19-22-37-115-82-72(91-48(3)95)78(125-57(12)104)75(122-54(9)101)63(128-82)45-118-51(6)98/h13,15-16,24-25,60-63,70-78,80-82H,14,17-23,26-45H2,1-12H3,(H,83,107)(H,84,109)(H,85,108)(H,86,106)(H,87,110)(H,88,112)(H,89,93)(H,90,94)(H,91,95)/t60?,61?,62?,63?,70?,71?,72?,73-,74-,75-,76+,77+,78+,80+,81+,82+/m0/s1. The Hall–Kier alpha value is -11.5. The molecular formula is C82H122N10O36. The van der Waals surface area contributed by atoms with Crippen molar-refractivity contribution < 1.29 is 172 Å². The zero-order valence-electron chi connectivity index (χ0n) is 74.1. The van der Waals surface area contributed by atoms with E-state index in [-0.39, 0.29) is 104 Å². The number of ketones is 1. The summed E-state index contributed by atoms with van der Waals surface area (Å²) < 4.78 is 89.7. The quantitative estimate of drug-likeness (QED) is 0.0189. The zero-order valence-corrected chi connectivity index (χ0v) is 74.1. The van der Waals surface area contributed by atoms with Gasteiger partial charge < -0.3 is 124 Å². The van der Waals surface area contributed by atoms with Gasteiger partial charge in [-0.15, -0.1) is 0 Å². The first kappa shape index (κ1) is 109. The van der Waals surface area contributed by atoms with E-state index in [0.717, 1.165) is 72.8 Å². The maximum atomic E-state index is 14.6. The van der Waals surface area contributed by atoms with Crippen molar-refractivity contribution in [3.63, 3.8) is 0 Å². The lowest BCUT2D eigenvalue weighted by molar-refractivity contribution is -0.277. The molecule has 128 heavy (non-hydrogen) atoms. The highest BCUT2D eigenvalue weighted by Crippen LogP contribution is 2.32. The van der Waals surface area contributed by atoms with Crippen LogP contribution in [0.4, 0.5) is 0 Å².